The van der Waals surface area contributed by atoms with Gasteiger partial charge in [0.2, 0.25) is 0 Å². The van der Waals surface area contributed by atoms with Crippen LogP contribution in [-0.4, -0.2) is 104 Å². The van der Waals surface area contributed by atoms with Crippen LogP contribution in [0.1, 0.15) is 0 Å². The average molecular weight is 192 g/mol. The SMILES string of the molecule is O.O.O=S(=O)(O)O.[CaH2].[LiH].[LiH]. The number of hydrogen-bond acceptors (Lipinski definition) is 2. The van der Waals surface area contributed by atoms with Crippen LogP contribution < -0.4 is 0 Å². The molecule has 0 unspecified atom stereocenters. The van der Waals surface area contributed by atoms with Crippen molar-refractivity contribution in [1.29, 1.82) is 0 Å². The predicted octanol–water partition coefficient (Wildman–Crippen LogP) is -4.52. The van der Waals surface area contributed by atoms with E-state index >= 15 is 0 Å². The molecule has 10 heteroatoms. The fraction of sp³-hybridized carbons (Fsp3) is 0. The van der Waals surface area contributed by atoms with Crippen LogP contribution in [-0.2, 0) is 10.4 Å². The Labute approximate surface area is 113 Å². The van der Waals surface area contributed by atoms with E-state index in [-0.39, 0.29) is 86.4 Å². The molecule has 6 nitrogen and oxygen atoms in total. The zero-order valence-electron chi connectivity index (χ0n) is 3.12. The van der Waals surface area contributed by atoms with E-state index in [0.29, 0.717) is 0 Å². The molecular weight excluding hydrogens is 182 g/mol. The monoisotopic (exact) mass is 192 g/mol. The average Bonchev–Trinajstić information content (AvgIpc) is 0.722. The molecule has 0 bridgehead atoms. The van der Waals surface area contributed by atoms with Crippen molar-refractivity contribution < 1.29 is 28.5 Å². The molecule has 0 aliphatic rings. The molecule has 0 saturated carbocycles. The third-order valence-electron chi connectivity index (χ3n) is 0. The Kier molecular flexibility index (Phi) is 68.9. The van der Waals surface area contributed by atoms with Crippen LogP contribution in [0.2, 0.25) is 0 Å². The van der Waals surface area contributed by atoms with Gasteiger partial charge in [-0.1, -0.05) is 0 Å². The van der Waals surface area contributed by atoms with E-state index < -0.39 is 10.4 Å². The van der Waals surface area contributed by atoms with Crippen LogP contribution in [0.25, 0.3) is 0 Å². The van der Waals surface area contributed by atoms with Gasteiger partial charge >= 0.3 is 85.9 Å². The number of rotatable bonds is 0. The van der Waals surface area contributed by atoms with Gasteiger partial charge < -0.3 is 11.0 Å². The van der Waals surface area contributed by atoms with Gasteiger partial charge in [-0.05, 0) is 0 Å². The maximum absolute atomic E-state index is 8.74. The van der Waals surface area contributed by atoms with Crippen molar-refractivity contribution in [3.05, 3.63) is 0 Å². The summed E-state index contributed by atoms with van der Waals surface area (Å²) < 4.78 is 31.6. The quantitative estimate of drug-likeness (QED) is 0.295. The molecule has 0 heterocycles. The Morgan fingerprint density at radius 1 is 0.900 bits per heavy atom. The molecule has 0 aliphatic carbocycles. The van der Waals surface area contributed by atoms with E-state index in [1.165, 1.54) is 0 Å². The molecule has 6 N–H and O–H groups in total. The second-order valence-electron chi connectivity index (χ2n) is 0.448. The summed E-state index contributed by atoms with van der Waals surface area (Å²) in [6.07, 6.45) is 0. The van der Waals surface area contributed by atoms with E-state index in [2.05, 4.69) is 0 Å². The van der Waals surface area contributed by atoms with Gasteiger partial charge in [0.05, 0.1) is 0 Å². The van der Waals surface area contributed by atoms with Crippen LogP contribution in [0.5, 0.6) is 0 Å². The number of hydrogen-bond donors (Lipinski definition) is 2. The van der Waals surface area contributed by atoms with Gasteiger partial charge in [0, 0.05) is 0 Å². The fourth-order valence-corrected chi connectivity index (χ4v) is 0. The third-order valence-corrected chi connectivity index (χ3v) is 0. The van der Waals surface area contributed by atoms with E-state index in [4.69, 9.17) is 17.5 Å². The van der Waals surface area contributed by atoms with Gasteiger partial charge in [-0.25, -0.2) is 0 Å². The fourth-order valence-electron chi connectivity index (χ4n) is 0. The van der Waals surface area contributed by atoms with Crippen molar-refractivity contribution in [3.63, 3.8) is 0 Å². The summed E-state index contributed by atoms with van der Waals surface area (Å²) in [5, 5.41) is 0. The van der Waals surface area contributed by atoms with Crippen molar-refractivity contribution in [1.82, 2.24) is 0 Å². The molecule has 10 heavy (non-hydrogen) atoms. The zero-order valence-corrected chi connectivity index (χ0v) is 3.94. The van der Waals surface area contributed by atoms with E-state index in [0.717, 1.165) is 0 Å². The molecule has 0 aliphatic heterocycles. The molecule has 0 spiro atoms. The molecule has 0 aromatic rings. The van der Waals surface area contributed by atoms with E-state index in [1.54, 1.807) is 0 Å². The molecule has 56 valence electrons. The summed E-state index contributed by atoms with van der Waals surface area (Å²) in [4.78, 5) is 0. The molecule has 0 saturated heterocycles. The van der Waals surface area contributed by atoms with Gasteiger partial charge in [-0.15, -0.1) is 0 Å². The first-order valence-corrected chi connectivity index (χ1v) is 2.10. The summed E-state index contributed by atoms with van der Waals surface area (Å²) in [6, 6.07) is 0. The van der Waals surface area contributed by atoms with E-state index in [1.807, 2.05) is 0 Å². The van der Waals surface area contributed by atoms with Gasteiger partial charge in [0.25, 0.3) is 0 Å². The third kappa shape index (κ3) is 174. The summed E-state index contributed by atoms with van der Waals surface area (Å²) in [6.45, 7) is 0. The summed E-state index contributed by atoms with van der Waals surface area (Å²) in [5.41, 5.74) is 0. The van der Waals surface area contributed by atoms with Gasteiger partial charge in [-0.2, -0.15) is 8.42 Å². The van der Waals surface area contributed by atoms with Crippen molar-refractivity contribution in [2.75, 3.05) is 0 Å². The van der Waals surface area contributed by atoms with Crippen molar-refractivity contribution in [2.45, 2.75) is 0 Å². The predicted molar refractivity (Wildman–Crippen MR) is 44.2 cm³/mol. The first kappa shape index (κ1) is 39.7. The topological polar surface area (TPSA) is 138 Å². The van der Waals surface area contributed by atoms with Crippen molar-refractivity contribution >= 4 is 85.9 Å². The van der Waals surface area contributed by atoms with Crippen molar-refractivity contribution in [3.8, 4) is 0 Å². The molecule has 0 atom stereocenters. The van der Waals surface area contributed by atoms with Crippen LogP contribution in [0.15, 0.2) is 0 Å². The molecule has 0 aromatic heterocycles. The van der Waals surface area contributed by atoms with E-state index in [9.17, 15) is 0 Å². The van der Waals surface area contributed by atoms with Gasteiger partial charge in [0.15, 0.2) is 0 Å². The van der Waals surface area contributed by atoms with Gasteiger partial charge in [0.1, 0.15) is 0 Å². The summed E-state index contributed by atoms with van der Waals surface area (Å²) in [5.74, 6) is 0. The Hall–Kier alpha value is 2.24. The Balaban J connectivity index is -0.00000000800. The molecule has 0 rings (SSSR count). The first-order chi connectivity index (χ1) is 2.00. The first-order valence-electron chi connectivity index (χ1n) is 0.698. The molecular formula is H10CaLi2O6S. The Bertz CT molecular complexity index is 98.9. The minimum atomic E-state index is -4.67. The molecule has 0 fully saturated rings. The minimum absolute atomic E-state index is 0. The summed E-state index contributed by atoms with van der Waals surface area (Å²) >= 11 is 0. The summed E-state index contributed by atoms with van der Waals surface area (Å²) in [7, 11) is -4.67. The normalized spacial score (nSPS) is 5.80. The second-order valence-corrected chi connectivity index (χ2v) is 1.34. The standard InChI is InChI=1S/Ca.2Li.H2O4S.2H2O.4H/c;;;1-5(2,3)4;;;;;;/h;;;(H2,1,2,3,4);2*1H2;;;;. The molecule has 0 radical (unpaired) electrons. The van der Waals surface area contributed by atoms with Crippen LogP contribution >= 0.6 is 0 Å². The Morgan fingerprint density at radius 2 is 0.900 bits per heavy atom. The Morgan fingerprint density at radius 3 is 0.900 bits per heavy atom. The van der Waals surface area contributed by atoms with Gasteiger partial charge in [-0.3, -0.25) is 9.11 Å². The van der Waals surface area contributed by atoms with Crippen molar-refractivity contribution in [2.24, 2.45) is 0 Å². The zero-order chi connectivity index (χ0) is 4.50. The molecule has 0 amide bonds. The van der Waals surface area contributed by atoms with Crippen LogP contribution in [0.4, 0.5) is 0 Å². The van der Waals surface area contributed by atoms with Crippen LogP contribution in [0.3, 0.4) is 0 Å². The second kappa shape index (κ2) is 17.4. The van der Waals surface area contributed by atoms with Crippen LogP contribution in [0, 0.1) is 0 Å². The maximum atomic E-state index is 8.74. The molecule has 0 aromatic carbocycles.